The lowest BCUT2D eigenvalue weighted by molar-refractivity contribution is -0.143. The maximum Gasteiger partial charge on any atom is 0.304 e. The first-order valence-electron chi connectivity index (χ1n) is 7.39. The normalized spacial score (nSPS) is 34.3. The predicted octanol–water partition coefficient (Wildman–Crippen LogP) is 2.81. The van der Waals surface area contributed by atoms with Gasteiger partial charge in [-0.05, 0) is 24.8 Å². The number of hydrogen-bond donors (Lipinski definition) is 1. The maximum atomic E-state index is 12.6. The highest BCUT2D eigenvalue weighted by atomic mass is 16.5. The lowest BCUT2D eigenvalue weighted by atomic mass is 9.79. The number of aliphatic carboxylic acids is 1. The smallest absolute Gasteiger partial charge is 0.304 e. The minimum atomic E-state index is -0.892. The van der Waals surface area contributed by atoms with E-state index in [1.807, 2.05) is 37.3 Å². The van der Waals surface area contributed by atoms with Crippen molar-refractivity contribution in [2.24, 2.45) is 10.8 Å². The summed E-state index contributed by atoms with van der Waals surface area (Å²) in [6.45, 7) is 2.40. The fraction of sp³-hybridized carbons (Fsp3) is 0.529. The van der Waals surface area contributed by atoms with Crippen molar-refractivity contribution in [3.8, 4) is 0 Å². The predicted molar refractivity (Wildman–Crippen MR) is 76.7 cm³/mol. The van der Waals surface area contributed by atoms with E-state index in [2.05, 4.69) is 0 Å². The molecule has 1 aromatic rings. The fourth-order valence-corrected chi connectivity index (χ4v) is 3.96. The molecule has 21 heavy (non-hydrogen) atoms. The van der Waals surface area contributed by atoms with E-state index in [0.29, 0.717) is 19.4 Å². The van der Waals surface area contributed by atoms with Gasteiger partial charge in [-0.25, -0.2) is 0 Å². The molecule has 2 fully saturated rings. The van der Waals surface area contributed by atoms with Crippen molar-refractivity contribution in [3.63, 3.8) is 0 Å². The van der Waals surface area contributed by atoms with Crippen LogP contribution in [0.25, 0.3) is 0 Å². The Bertz CT molecular complexity index is 567. The molecule has 2 aliphatic carbocycles. The van der Waals surface area contributed by atoms with Gasteiger partial charge < -0.3 is 9.84 Å². The van der Waals surface area contributed by atoms with Gasteiger partial charge in [-0.2, -0.15) is 0 Å². The molecule has 3 unspecified atom stereocenters. The summed E-state index contributed by atoms with van der Waals surface area (Å²) >= 11 is 0. The van der Waals surface area contributed by atoms with Crippen LogP contribution in [0.2, 0.25) is 0 Å². The highest BCUT2D eigenvalue weighted by Crippen LogP contribution is 2.60. The molecule has 1 aromatic carbocycles. The zero-order valence-electron chi connectivity index (χ0n) is 12.2. The molecular formula is C17H20O4. The van der Waals surface area contributed by atoms with Gasteiger partial charge in [0.25, 0.3) is 0 Å². The highest BCUT2D eigenvalue weighted by molar-refractivity contribution is 5.97. The molecule has 0 heterocycles. The van der Waals surface area contributed by atoms with Crippen LogP contribution in [0.15, 0.2) is 30.3 Å². The van der Waals surface area contributed by atoms with Gasteiger partial charge in [0.2, 0.25) is 0 Å². The molecule has 0 radical (unpaired) electrons. The van der Waals surface area contributed by atoms with Crippen LogP contribution in [-0.2, 0) is 20.9 Å². The van der Waals surface area contributed by atoms with Crippen LogP contribution in [0.4, 0.5) is 0 Å². The first kappa shape index (κ1) is 14.3. The number of carboxylic acids is 1. The lowest BCUT2D eigenvalue weighted by Crippen LogP contribution is -2.33. The van der Waals surface area contributed by atoms with Crippen LogP contribution in [0.1, 0.15) is 38.2 Å². The summed E-state index contributed by atoms with van der Waals surface area (Å²) in [4.78, 5) is 23.7. The molecule has 2 bridgehead atoms. The molecular weight excluding hydrogens is 268 g/mol. The van der Waals surface area contributed by atoms with E-state index in [1.54, 1.807) is 0 Å². The third-order valence-electron chi connectivity index (χ3n) is 5.19. The fourth-order valence-electron chi connectivity index (χ4n) is 3.96. The van der Waals surface area contributed by atoms with Crippen molar-refractivity contribution in [3.05, 3.63) is 35.9 Å². The molecule has 112 valence electrons. The molecule has 2 aliphatic rings. The molecule has 3 atom stereocenters. The number of benzene rings is 1. The Balaban J connectivity index is 1.73. The Morgan fingerprint density at radius 3 is 2.71 bits per heavy atom. The number of carbonyl (C=O) groups excluding carboxylic acids is 1. The molecule has 2 saturated carbocycles. The van der Waals surface area contributed by atoms with Gasteiger partial charge in [-0.3, -0.25) is 9.59 Å². The van der Waals surface area contributed by atoms with Gasteiger partial charge in [-0.15, -0.1) is 0 Å². The van der Waals surface area contributed by atoms with E-state index in [-0.39, 0.29) is 18.3 Å². The van der Waals surface area contributed by atoms with Gasteiger partial charge >= 0.3 is 5.97 Å². The summed E-state index contributed by atoms with van der Waals surface area (Å²) < 4.78 is 5.99. The number of carboxylic acid groups (broad SMARTS) is 1. The number of rotatable bonds is 5. The molecule has 4 nitrogen and oxygen atoms in total. The average molecular weight is 288 g/mol. The van der Waals surface area contributed by atoms with Crippen LogP contribution in [0, 0.1) is 10.8 Å². The van der Waals surface area contributed by atoms with Gasteiger partial charge in [0.1, 0.15) is 5.78 Å². The number of carbonyl (C=O) groups is 2. The van der Waals surface area contributed by atoms with Crippen LogP contribution >= 0.6 is 0 Å². The van der Waals surface area contributed by atoms with Crippen molar-refractivity contribution >= 4 is 11.8 Å². The number of Topliss-reactive ketones (excluding diaryl/α,β-unsaturated/α-hetero) is 1. The van der Waals surface area contributed by atoms with Crippen molar-refractivity contribution in [1.29, 1.82) is 0 Å². The molecule has 0 aromatic heterocycles. The monoisotopic (exact) mass is 288 g/mol. The summed E-state index contributed by atoms with van der Waals surface area (Å²) in [7, 11) is 0. The van der Waals surface area contributed by atoms with E-state index in [1.165, 1.54) is 0 Å². The number of ketones is 1. The summed E-state index contributed by atoms with van der Waals surface area (Å²) in [6.07, 6.45) is 1.73. The minimum absolute atomic E-state index is 0.0629. The van der Waals surface area contributed by atoms with Crippen molar-refractivity contribution in [2.45, 2.75) is 45.3 Å². The Morgan fingerprint density at radius 1 is 1.33 bits per heavy atom. The second-order valence-electron chi connectivity index (χ2n) is 6.59. The molecule has 3 rings (SSSR count). The standard InChI is InChI=1S/C17H20O4/c1-16-7-8-17(15(16)20,10-14(18)19)9-13(16)21-11-12-5-3-2-4-6-12/h2-6,13H,7-11H2,1H3,(H,18,19). The Labute approximate surface area is 124 Å². The second kappa shape index (κ2) is 4.95. The van der Waals surface area contributed by atoms with Crippen LogP contribution in [0.3, 0.4) is 0 Å². The molecule has 0 spiro atoms. The Kier molecular flexibility index (Phi) is 3.36. The minimum Gasteiger partial charge on any atom is -0.481 e. The van der Waals surface area contributed by atoms with E-state index in [4.69, 9.17) is 9.84 Å². The molecule has 1 N–H and O–H groups in total. The van der Waals surface area contributed by atoms with Crippen molar-refractivity contribution in [2.75, 3.05) is 0 Å². The van der Waals surface area contributed by atoms with Gasteiger partial charge in [-0.1, -0.05) is 37.3 Å². The number of hydrogen-bond acceptors (Lipinski definition) is 3. The zero-order valence-corrected chi connectivity index (χ0v) is 12.2. The van der Waals surface area contributed by atoms with Crippen molar-refractivity contribution < 1.29 is 19.4 Å². The summed E-state index contributed by atoms with van der Waals surface area (Å²) in [5.41, 5.74) is -0.129. The Hall–Kier alpha value is -1.68. The lowest BCUT2D eigenvalue weighted by Gasteiger charge is -2.31. The Morgan fingerprint density at radius 2 is 2.05 bits per heavy atom. The van der Waals surface area contributed by atoms with E-state index in [9.17, 15) is 9.59 Å². The van der Waals surface area contributed by atoms with Gasteiger partial charge in [0.15, 0.2) is 0 Å². The van der Waals surface area contributed by atoms with Crippen molar-refractivity contribution in [1.82, 2.24) is 0 Å². The van der Waals surface area contributed by atoms with E-state index >= 15 is 0 Å². The quantitative estimate of drug-likeness (QED) is 0.905. The van der Waals surface area contributed by atoms with E-state index < -0.39 is 16.8 Å². The maximum absolute atomic E-state index is 12.6. The largest absolute Gasteiger partial charge is 0.481 e. The van der Waals surface area contributed by atoms with Gasteiger partial charge in [0.05, 0.1) is 24.5 Å². The first-order chi connectivity index (χ1) is 9.96. The van der Waals surface area contributed by atoms with Crippen LogP contribution in [0.5, 0.6) is 0 Å². The molecule has 4 heteroatoms. The number of ether oxygens (including phenoxy) is 1. The molecule has 0 aliphatic heterocycles. The van der Waals surface area contributed by atoms with E-state index in [0.717, 1.165) is 12.0 Å². The molecule has 0 saturated heterocycles. The topological polar surface area (TPSA) is 63.6 Å². The third-order valence-corrected chi connectivity index (χ3v) is 5.19. The average Bonchev–Trinajstić information content (AvgIpc) is 2.81. The highest BCUT2D eigenvalue weighted by Gasteiger charge is 2.65. The summed E-state index contributed by atoms with van der Waals surface area (Å²) in [5.74, 6) is -0.799. The molecule has 0 amide bonds. The number of fused-ring (bicyclic) bond motifs is 2. The second-order valence-corrected chi connectivity index (χ2v) is 6.59. The summed E-state index contributed by atoms with van der Waals surface area (Å²) in [6, 6.07) is 9.85. The first-order valence-corrected chi connectivity index (χ1v) is 7.39. The third kappa shape index (κ3) is 2.27. The summed E-state index contributed by atoms with van der Waals surface area (Å²) in [5, 5.41) is 9.09. The SMILES string of the molecule is CC12CCC(CC(=O)O)(CC1OCc1ccccc1)C2=O. The van der Waals surface area contributed by atoms with Crippen LogP contribution < -0.4 is 0 Å². The van der Waals surface area contributed by atoms with Gasteiger partial charge in [0, 0.05) is 5.41 Å². The zero-order chi connectivity index (χ0) is 15.1. The van der Waals surface area contributed by atoms with Crippen LogP contribution in [-0.4, -0.2) is 23.0 Å².